The predicted molar refractivity (Wildman–Crippen MR) is 68.3 cm³/mol. The Kier molecular flexibility index (Phi) is 3.86. The van der Waals surface area contributed by atoms with Crippen LogP contribution in [-0.2, 0) is 6.61 Å². The molecule has 1 heterocycles. The van der Waals surface area contributed by atoms with E-state index in [0.29, 0.717) is 5.15 Å². The van der Waals surface area contributed by atoms with E-state index in [1.54, 1.807) is 11.8 Å². The van der Waals surface area contributed by atoms with Crippen molar-refractivity contribution in [3.8, 4) is 0 Å². The van der Waals surface area contributed by atoms with Gasteiger partial charge in [0, 0.05) is 4.90 Å². The van der Waals surface area contributed by atoms with E-state index in [0.717, 1.165) is 14.1 Å². The van der Waals surface area contributed by atoms with Gasteiger partial charge in [-0.05, 0) is 19.1 Å². The maximum Gasteiger partial charge on any atom is 0.156 e. The Morgan fingerprint density at radius 1 is 1.38 bits per heavy atom. The molecular weight excluding hydrogens is 262 g/mol. The van der Waals surface area contributed by atoms with E-state index in [-0.39, 0.29) is 6.61 Å². The molecule has 0 aliphatic rings. The first-order valence-corrected chi connectivity index (χ1v) is 6.70. The van der Waals surface area contributed by atoms with Crippen LogP contribution in [0.2, 0.25) is 5.15 Å². The Hall–Kier alpha value is -0.550. The molecule has 0 aliphatic heterocycles. The first-order valence-electron chi connectivity index (χ1n) is 4.69. The molecule has 84 valence electrons. The van der Waals surface area contributed by atoms with Crippen molar-refractivity contribution in [3.05, 3.63) is 39.9 Å². The van der Waals surface area contributed by atoms with Crippen LogP contribution in [0, 0.1) is 6.92 Å². The van der Waals surface area contributed by atoms with Gasteiger partial charge in [0.1, 0.15) is 5.15 Å². The summed E-state index contributed by atoms with van der Waals surface area (Å²) in [4.78, 5) is 6.03. The number of rotatable bonds is 3. The van der Waals surface area contributed by atoms with Crippen molar-refractivity contribution >= 4 is 34.7 Å². The molecule has 0 aliphatic carbocycles. The minimum Gasteiger partial charge on any atom is -0.391 e. The third-order valence-corrected chi connectivity index (χ3v) is 4.53. The summed E-state index contributed by atoms with van der Waals surface area (Å²) in [6, 6.07) is 8.22. The van der Waals surface area contributed by atoms with Crippen LogP contribution >= 0.6 is 34.7 Å². The Bertz CT molecular complexity index is 481. The fourth-order valence-electron chi connectivity index (χ4n) is 1.16. The number of thiazole rings is 1. The predicted octanol–water partition coefficient (Wildman–Crippen LogP) is 3.75. The zero-order valence-corrected chi connectivity index (χ0v) is 11.0. The lowest BCUT2D eigenvalue weighted by Gasteiger charge is -1.97. The Balaban J connectivity index is 2.17. The van der Waals surface area contributed by atoms with Crippen LogP contribution in [0.15, 0.2) is 33.5 Å². The van der Waals surface area contributed by atoms with Gasteiger partial charge in [0.25, 0.3) is 0 Å². The molecule has 0 bridgehead atoms. The van der Waals surface area contributed by atoms with E-state index in [9.17, 15) is 0 Å². The molecule has 0 amide bonds. The van der Waals surface area contributed by atoms with Gasteiger partial charge in [-0.15, -0.1) is 11.3 Å². The van der Waals surface area contributed by atoms with Crippen LogP contribution in [-0.4, -0.2) is 10.1 Å². The van der Waals surface area contributed by atoms with Gasteiger partial charge in [0.05, 0.1) is 11.5 Å². The first kappa shape index (κ1) is 11.9. The van der Waals surface area contributed by atoms with Gasteiger partial charge < -0.3 is 5.11 Å². The van der Waals surface area contributed by atoms with E-state index in [2.05, 4.69) is 24.0 Å². The number of aliphatic hydroxyl groups is 1. The maximum absolute atomic E-state index is 9.01. The van der Waals surface area contributed by atoms with Crippen molar-refractivity contribution in [2.45, 2.75) is 22.8 Å². The zero-order chi connectivity index (χ0) is 11.5. The van der Waals surface area contributed by atoms with Crippen LogP contribution in [0.5, 0.6) is 0 Å². The summed E-state index contributed by atoms with van der Waals surface area (Å²) in [6.45, 7) is 2.00. The number of aryl methyl sites for hydroxylation is 1. The van der Waals surface area contributed by atoms with Crippen LogP contribution in [0.4, 0.5) is 0 Å². The zero-order valence-electron chi connectivity index (χ0n) is 8.61. The van der Waals surface area contributed by atoms with Crippen LogP contribution in [0.25, 0.3) is 0 Å². The number of benzene rings is 1. The fraction of sp³-hybridized carbons (Fsp3) is 0.182. The molecule has 0 saturated carbocycles. The minimum atomic E-state index is -0.0506. The summed E-state index contributed by atoms with van der Waals surface area (Å²) in [5.41, 5.74) is 1.23. The van der Waals surface area contributed by atoms with E-state index >= 15 is 0 Å². The number of hydrogen-bond donors (Lipinski definition) is 1. The molecule has 0 unspecified atom stereocenters. The number of halogens is 1. The molecule has 0 radical (unpaired) electrons. The molecule has 1 N–H and O–H groups in total. The number of aliphatic hydroxyl groups excluding tert-OH is 1. The van der Waals surface area contributed by atoms with Crippen molar-refractivity contribution in [1.29, 1.82) is 0 Å². The summed E-state index contributed by atoms with van der Waals surface area (Å²) in [5, 5.41) is 9.42. The van der Waals surface area contributed by atoms with Crippen molar-refractivity contribution in [2.75, 3.05) is 0 Å². The monoisotopic (exact) mass is 271 g/mol. The quantitative estimate of drug-likeness (QED) is 0.923. The topological polar surface area (TPSA) is 33.1 Å². The minimum absolute atomic E-state index is 0.0506. The van der Waals surface area contributed by atoms with E-state index < -0.39 is 0 Å². The molecule has 1 aromatic heterocycles. The van der Waals surface area contributed by atoms with Crippen molar-refractivity contribution in [1.82, 2.24) is 4.98 Å². The second-order valence-corrected chi connectivity index (χ2v) is 6.03. The van der Waals surface area contributed by atoms with Crippen molar-refractivity contribution in [3.63, 3.8) is 0 Å². The number of aromatic nitrogens is 1. The summed E-state index contributed by atoms with van der Waals surface area (Å²) in [7, 11) is 0. The Morgan fingerprint density at radius 2 is 2.06 bits per heavy atom. The second kappa shape index (κ2) is 5.19. The van der Waals surface area contributed by atoms with Crippen LogP contribution in [0.3, 0.4) is 0 Å². The summed E-state index contributed by atoms with van der Waals surface area (Å²) in [6.07, 6.45) is 0. The standard InChI is InChI=1S/C11H10ClNOS2/c1-7-2-4-8(5-3-7)15-11-13-10(12)9(6-14)16-11/h2-5,14H,6H2,1H3. The highest BCUT2D eigenvalue weighted by Crippen LogP contribution is 2.34. The van der Waals surface area contributed by atoms with Gasteiger partial charge in [-0.3, -0.25) is 0 Å². The number of nitrogens with zero attached hydrogens (tertiary/aromatic N) is 1. The van der Waals surface area contributed by atoms with Gasteiger partial charge in [-0.2, -0.15) is 0 Å². The first-order chi connectivity index (χ1) is 7.69. The van der Waals surface area contributed by atoms with Gasteiger partial charge in [-0.25, -0.2) is 4.98 Å². The maximum atomic E-state index is 9.01. The molecule has 2 aromatic rings. The molecule has 1 aromatic carbocycles. The fourth-order valence-corrected chi connectivity index (χ4v) is 3.43. The highest BCUT2D eigenvalue weighted by molar-refractivity contribution is 8.01. The second-order valence-electron chi connectivity index (χ2n) is 3.27. The average molecular weight is 272 g/mol. The van der Waals surface area contributed by atoms with Crippen LogP contribution in [0.1, 0.15) is 10.4 Å². The Morgan fingerprint density at radius 3 is 2.62 bits per heavy atom. The van der Waals surface area contributed by atoms with Crippen molar-refractivity contribution < 1.29 is 5.11 Å². The highest BCUT2D eigenvalue weighted by Gasteiger charge is 2.09. The Labute approximate surface area is 107 Å². The van der Waals surface area contributed by atoms with E-state index in [1.165, 1.54) is 16.9 Å². The van der Waals surface area contributed by atoms with E-state index in [4.69, 9.17) is 16.7 Å². The van der Waals surface area contributed by atoms with Gasteiger partial charge in [-0.1, -0.05) is 41.1 Å². The van der Waals surface area contributed by atoms with Gasteiger partial charge in [0.2, 0.25) is 0 Å². The molecule has 0 spiro atoms. The third kappa shape index (κ3) is 2.77. The highest BCUT2D eigenvalue weighted by atomic mass is 35.5. The van der Waals surface area contributed by atoms with Gasteiger partial charge >= 0.3 is 0 Å². The molecule has 0 saturated heterocycles. The molecule has 16 heavy (non-hydrogen) atoms. The lowest BCUT2D eigenvalue weighted by atomic mass is 10.2. The molecule has 0 atom stereocenters. The average Bonchev–Trinajstić information content (AvgIpc) is 2.62. The summed E-state index contributed by atoms with van der Waals surface area (Å²) in [5.74, 6) is 0. The molecule has 5 heteroatoms. The third-order valence-electron chi connectivity index (χ3n) is 2.00. The lowest BCUT2D eigenvalue weighted by Crippen LogP contribution is -1.75. The molecule has 2 rings (SSSR count). The van der Waals surface area contributed by atoms with Crippen LogP contribution < -0.4 is 0 Å². The largest absolute Gasteiger partial charge is 0.391 e. The summed E-state index contributed by atoms with van der Waals surface area (Å²) >= 11 is 8.85. The molecular formula is C11H10ClNOS2. The lowest BCUT2D eigenvalue weighted by molar-refractivity contribution is 0.285. The van der Waals surface area contributed by atoms with Crippen molar-refractivity contribution in [2.24, 2.45) is 0 Å². The SMILES string of the molecule is Cc1ccc(Sc2nc(Cl)c(CO)s2)cc1. The van der Waals surface area contributed by atoms with E-state index in [1.807, 2.05) is 12.1 Å². The molecule has 0 fully saturated rings. The molecule has 2 nitrogen and oxygen atoms in total. The normalized spacial score (nSPS) is 10.7. The summed E-state index contributed by atoms with van der Waals surface area (Å²) < 4.78 is 0.859. The number of hydrogen-bond acceptors (Lipinski definition) is 4. The smallest absolute Gasteiger partial charge is 0.156 e. The van der Waals surface area contributed by atoms with Gasteiger partial charge in [0.15, 0.2) is 4.34 Å².